The van der Waals surface area contributed by atoms with E-state index in [0.717, 1.165) is 43.4 Å². The number of benzene rings is 2. The Labute approximate surface area is 223 Å². The van der Waals surface area contributed by atoms with E-state index in [9.17, 15) is 13.2 Å². The van der Waals surface area contributed by atoms with Crippen molar-refractivity contribution in [2.75, 3.05) is 46.7 Å². The predicted octanol–water partition coefficient (Wildman–Crippen LogP) is 3.76. The molecule has 4 rings (SSSR count). The zero-order valence-electron chi connectivity index (χ0n) is 21.9. The number of nitrogens with zero attached hydrogens (tertiary/aromatic N) is 3. The Kier molecular flexibility index (Phi) is 8.20. The van der Waals surface area contributed by atoms with Crippen LogP contribution in [0, 0.1) is 6.92 Å². The first-order chi connectivity index (χ1) is 18.1. The fraction of sp³-hybridized carbons (Fsp3) is 0.346. The number of sulfonamides is 1. The molecular formula is C26H33N7O4S. The van der Waals surface area contributed by atoms with E-state index in [4.69, 9.17) is 4.74 Å². The van der Waals surface area contributed by atoms with Crippen LogP contribution >= 0.6 is 0 Å². The molecule has 1 aliphatic heterocycles. The van der Waals surface area contributed by atoms with Crippen LogP contribution < -0.4 is 30.3 Å². The van der Waals surface area contributed by atoms with Crippen LogP contribution in [-0.2, 0) is 14.8 Å². The van der Waals surface area contributed by atoms with Gasteiger partial charge >= 0.3 is 0 Å². The highest BCUT2D eigenvalue weighted by molar-refractivity contribution is 7.92. The number of hydrogen-bond acceptors (Lipinski definition) is 9. The zero-order chi connectivity index (χ0) is 27.3. The Bertz CT molecular complexity index is 1410. The van der Waals surface area contributed by atoms with Gasteiger partial charge in [0, 0.05) is 49.6 Å². The third-order valence-electron chi connectivity index (χ3n) is 6.15. The molecule has 3 aromatic rings. The topological polar surface area (TPSA) is 138 Å². The van der Waals surface area contributed by atoms with E-state index in [1.807, 2.05) is 25.1 Å². The van der Waals surface area contributed by atoms with E-state index < -0.39 is 10.0 Å². The lowest BCUT2D eigenvalue weighted by molar-refractivity contribution is -0.119. The SMILES string of the molecule is COc1cc(N2CCC(NC(C)=O)CC2)ccc1Nc1ncc(C)c(Nc2ccccc2NS(C)(=O)=O)n1. The Morgan fingerprint density at radius 2 is 1.76 bits per heavy atom. The lowest BCUT2D eigenvalue weighted by atomic mass is 10.0. The number of aromatic nitrogens is 2. The molecular weight excluding hydrogens is 506 g/mol. The number of hydrogen-bond donors (Lipinski definition) is 4. The Morgan fingerprint density at radius 1 is 1.05 bits per heavy atom. The number of aryl methyl sites for hydroxylation is 1. The molecule has 0 radical (unpaired) electrons. The van der Waals surface area contributed by atoms with Crippen LogP contribution in [0.2, 0.25) is 0 Å². The Hall–Kier alpha value is -4.06. The van der Waals surface area contributed by atoms with Crippen LogP contribution in [0.15, 0.2) is 48.7 Å². The fourth-order valence-corrected chi connectivity index (χ4v) is 4.88. The van der Waals surface area contributed by atoms with E-state index in [1.165, 1.54) is 0 Å². The summed E-state index contributed by atoms with van der Waals surface area (Å²) >= 11 is 0. The van der Waals surface area contributed by atoms with Gasteiger partial charge in [-0.15, -0.1) is 0 Å². The summed E-state index contributed by atoms with van der Waals surface area (Å²) in [7, 11) is -1.83. The third-order valence-corrected chi connectivity index (χ3v) is 6.74. The molecule has 2 aromatic carbocycles. The predicted molar refractivity (Wildman–Crippen MR) is 150 cm³/mol. The first kappa shape index (κ1) is 27.0. The van der Waals surface area contributed by atoms with Crippen molar-refractivity contribution >= 4 is 50.4 Å². The van der Waals surface area contributed by atoms with Gasteiger partial charge < -0.3 is 25.6 Å². The molecule has 0 bridgehead atoms. The molecule has 12 heteroatoms. The van der Waals surface area contributed by atoms with Crippen molar-refractivity contribution in [3.05, 3.63) is 54.2 Å². The number of piperidine rings is 1. The van der Waals surface area contributed by atoms with Gasteiger partial charge in [0.15, 0.2) is 0 Å². The molecule has 202 valence electrons. The van der Waals surface area contributed by atoms with Gasteiger partial charge in [-0.3, -0.25) is 9.52 Å². The summed E-state index contributed by atoms with van der Waals surface area (Å²) < 4.78 is 31.7. The van der Waals surface area contributed by atoms with Crippen molar-refractivity contribution in [3.8, 4) is 5.75 Å². The molecule has 38 heavy (non-hydrogen) atoms. The van der Waals surface area contributed by atoms with Crippen LogP contribution in [0.1, 0.15) is 25.3 Å². The van der Waals surface area contributed by atoms with Crippen molar-refractivity contribution in [2.24, 2.45) is 0 Å². The first-order valence-corrected chi connectivity index (χ1v) is 14.1. The summed E-state index contributed by atoms with van der Waals surface area (Å²) in [4.78, 5) is 22.6. The minimum atomic E-state index is -3.45. The smallest absolute Gasteiger partial charge is 0.229 e. The van der Waals surface area contributed by atoms with E-state index in [2.05, 4.69) is 35.5 Å². The summed E-state index contributed by atoms with van der Waals surface area (Å²) in [6, 6.07) is 13.1. The maximum atomic E-state index is 11.8. The molecule has 0 atom stereocenters. The highest BCUT2D eigenvalue weighted by Crippen LogP contribution is 2.33. The van der Waals surface area contributed by atoms with Crippen molar-refractivity contribution in [1.29, 1.82) is 0 Å². The molecule has 0 unspecified atom stereocenters. The molecule has 4 N–H and O–H groups in total. The second-order valence-corrected chi connectivity index (χ2v) is 11.0. The molecule has 1 aliphatic rings. The van der Waals surface area contributed by atoms with Crippen molar-refractivity contribution in [2.45, 2.75) is 32.7 Å². The van der Waals surface area contributed by atoms with Crippen molar-refractivity contribution in [3.63, 3.8) is 0 Å². The molecule has 1 amide bonds. The molecule has 0 aliphatic carbocycles. The molecule has 2 heterocycles. The number of rotatable bonds is 9. The number of ether oxygens (including phenoxy) is 1. The molecule has 1 saturated heterocycles. The summed E-state index contributed by atoms with van der Waals surface area (Å²) in [5.74, 6) is 1.54. The number of anilines is 6. The van der Waals surface area contributed by atoms with Gasteiger partial charge in [0.2, 0.25) is 21.9 Å². The second kappa shape index (κ2) is 11.5. The number of nitrogens with one attached hydrogen (secondary N) is 4. The van der Waals surface area contributed by atoms with Crippen molar-refractivity contribution < 1.29 is 17.9 Å². The monoisotopic (exact) mass is 539 g/mol. The van der Waals surface area contributed by atoms with Gasteiger partial charge in [0.05, 0.1) is 30.4 Å². The number of carbonyl (C=O) groups is 1. The third kappa shape index (κ3) is 7.03. The Morgan fingerprint density at radius 3 is 2.42 bits per heavy atom. The molecule has 1 aromatic heterocycles. The first-order valence-electron chi connectivity index (χ1n) is 12.3. The van der Waals surface area contributed by atoms with Crippen LogP contribution in [-0.4, -0.2) is 56.8 Å². The lowest BCUT2D eigenvalue weighted by Gasteiger charge is -2.34. The largest absolute Gasteiger partial charge is 0.494 e. The van der Waals surface area contributed by atoms with Gasteiger partial charge in [-0.25, -0.2) is 13.4 Å². The fourth-order valence-electron chi connectivity index (χ4n) is 4.31. The van der Waals surface area contributed by atoms with Gasteiger partial charge in [-0.2, -0.15) is 4.98 Å². The lowest BCUT2D eigenvalue weighted by Crippen LogP contribution is -2.44. The second-order valence-electron chi connectivity index (χ2n) is 9.24. The van der Waals surface area contributed by atoms with Gasteiger partial charge in [-0.1, -0.05) is 12.1 Å². The minimum Gasteiger partial charge on any atom is -0.494 e. The molecule has 0 spiro atoms. The normalized spacial score (nSPS) is 14.1. The highest BCUT2D eigenvalue weighted by Gasteiger charge is 2.21. The van der Waals surface area contributed by atoms with Gasteiger partial charge in [-0.05, 0) is 44.0 Å². The van der Waals surface area contributed by atoms with Gasteiger partial charge in [0.25, 0.3) is 0 Å². The number of amides is 1. The van der Waals surface area contributed by atoms with Crippen LogP contribution in [0.4, 0.5) is 34.5 Å². The van der Waals surface area contributed by atoms with E-state index in [-0.39, 0.29) is 11.9 Å². The van der Waals surface area contributed by atoms with E-state index in [1.54, 1.807) is 44.5 Å². The summed E-state index contributed by atoms with van der Waals surface area (Å²) in [6.07, 6.45) is 4.56. The number of para-hydroxylation sites is 2. The summed E-state index contributed by atoms with van der Waals surface area (Å²) in [5.41, 5.74) is 3.51. The van der Waals surface area contributed by atoms with E-state index >= 15 is 0 Å². The number of carbonyl (C=O) groups excluding carboxylic acids is 1. The van der Waals surface area contributed by atoms with Gasteiger partial charge in [0.1, 0.15) is 11.6 Å². The standard InChI is InChI=1S/C26H33N7O4S/c1-17-16-27-26(31-25(17)29-21-7-5-6-8-22(21)32-38(4,35)36)30-23-10-9-20(15-24(23)37-3)33-13-11-19(12-14-33)28-18(2)34/h5-10,15-16,19,32H,11-14H2,1-4H3,(H,28,34)(H2,27,29,30,31). The average Bonchev–Trinajstić information content (AvgIpc) is 2.87. The van der Waals surface area contributed by atoms with Crippen LogP contribution in [0.25, 0.3) is 0 Å². The molecule has 11 nitrogen and oxygen atoms in total. The zero-order valence-corrected chi connectivity index (χ0v) is 22.7. The van der Waals surface area contributed by atoms with E-state index in [0.29, 0.717) is 34.6 Å². The highest BCUT2D eigenvalue weighted by atomic mass is 32.2. The average molecular weight is 540 g/mol. The summed E-state index contributed by atoms with van der Waals surface area (Å²) in [5, 5.41) is 9.43. The minimum absolute atomic E-state index is 0.00649. The molecule has 0 saturated carbocycles. The quantitative estimate of drug-likeness (QED) is 0.320. The Balaban J connectivity index is 1.50. The van der Waals surface area contributed by atoms with Crippen molar-refractivity contribution in [1.82, 2.24) is 15.3 Å². The maximum absolute atomic E-state index is 11.8. The molecule has 1 fully saturated rings. The summed E-state index contributed by atoms with van der Waals surface area (Å²) in [6.45, 7) is 5.09. The van der Waals surface area contributed by atoms with Crippen LogP contribution in [0.3, 0.4) is 0 Å². The number of methoxy groups -OCH3 is 1. The van der Waals surface area contributed by atoms with Crippen LogP contribution in [0.5, 0.6) is 5.75 Å². The maximum Gasteiger partial charge on any atom is 0.229 e.